The van der Waals surface area contributed by atoms with E-state index in [0.717, 1.165) is 24.2 Å². The van der Waals surface area contributed by atoms with Gasteiger partial charge in [-0.3, -0.25) is 0 Å². The summed E-state index contributed by atoms with van der Waals surface area (Å²) in [6.07, 6.45) is 7.02. The van der Waals surface area contributed by atoms with Gasteiger partial charge in [-0.05, 0) is 61.3 Å². The van der Waals surface area contributed by atoms with Crippen molar-refractivity contribution in [3.05, 3.63) is 11.6 Å². The van der Waals surface area contributed by atoms with Gasteiger partial charge in [0.05, 0.1) is 6.10 Å². The zero-order valence-electron chi connectivity index (χ0n) is 11.2. The maximum Gasteiger partial charge on any atom is 0.0753 e. The number of aliphatic hydroxyl groups excluding tert-OH is 1. The van der Waals surface area contributed by atoms with Crippen molar-refractivity contribution < 1.29 is 5.11 Å². The lowest BCUT2D eigenvalue weighted by Crippen LogP contribution is -2.39. The van der Waals surface area contributed by atoms with Crippen molar-refractivity contribution in [3.8, 4) is 0 Å². The molecule has 0 amide bonds. The van der Waals surface area contributed by atoms with Crippen LogP contribution in [-0.2, 0) is 0 Å². The van der Waals surface area contributed by atoms with Gasteiger partial charge in [0.15, 0.2) is 0 Å². The molecule has 1 heteroatoms. The van der Waals surface area contributed by atoms with Crippen LogP contribution in [0, 0.1) is 23.2 Å². The first-order valence-electron chi connectivity index (χ1n) is 6.82. The molecule has 0 saturated heterocycles. The van der Waals surface area contributed by atoms with E-state index in [9.17, 15) is 5.11 Å². The summed E-state index contributed by atoms with van der Waals surface area (Å²) >= 11 is 0. The van der Waals surface area contributed by atoms with Crippen molar-refractivity contribution >= 4 is 0 Å². The van der Waals surface area contributed by atoms with E-state index in [-0.39, 0.29) is 6.10 Å². The van der Waals surface area contributed by atoms with Crippen LogP contribution in [0.1, 0.15) is 53.4 Å². The Kier molecular flexibility index (Phi) is 3.18. The lowest BCUT2D eigenvalue weighted by atomic mass is 9.61. The Labute approximate surface area is 99.9 Å². The lowest BCUT2D eigenvalue weighted by Gasteiger charge is -2.45. The standard InChI is InChI=1S/C15H26O/c1-10(2)13-6-5-12(4)15(13)8-7-11(3)14(16)9-15/h7,10,12-14,16H,5-6,8-9H2,1-4H3/t12-,13-,14+,15-/m1/s1. The van der Waals surface area contributed by atoms with Crippen LogP contribution in [-0.4, -0.2) is 11.2 Å². The van der Waals surface area contributed by atoms with Crippen molar-refractivity contribution in [3.63, 3.8) is 0 Å². The first-order chi connectivity index (χ1) is 7.47. The molecule has 1 fully saturated rings. The van der Waals surface area contributed by atoms with Gasteiger partial charge in [0, 0.05) is 0 Å². The second-order valence-corrected chi connectivity index (χ2v) is 6.43. The van der Waals surface area contributed by atoms with Crippen LogP contribution in [0.15, 0.2) is 11.6 Å². The van der Waals surface area contributed by atoms with Crippen molar-refractivity contribution in [2.45, 2.75) is 59.5 Å². The molecule has 0 aliphatic heterocycles. The first-order valence-corrected chi connectivity index (χ1v) is 6.82. The van der Waals surface area contributed by atoms with Crippen molar-refractivity contribution in [1.82, 2.24) is 0 Å². The normalized spacial score (nSPS) is 44.1. The van der Waals surface area contributed by atoms with Gasteiger partial charge >= 0.3 is 0 Å². The van der Waals surface area contributed by atoms with E-state index in [0.29, 0.717) is 5.41 Å². The van der Waals surface area contributed by atoms with Crippen LogP contribution in [0.2, 0.25) is 0 Å². The minimum atomic E-state index is -0.185. The van der Waals surface area contributed by atoms with Gasteiger partial charge < -0.3 is 5.11 Å². The Bertz CT molecular complexity index is 292. The Morgan fingerprint density at radius 1 is 1.38 bits per heavy atom. The van der Waals surface area contributed by atoms with Gasteiger partial charge in [-0.2, -0.15) is 0 Å². The highest BCUT2D eigenvalue weighted by Crippen LogP contribution is 2.57. The van der Waals surface area contributed by atoms with E-state index < -0.39 is 0 Å². The fourth-order valence-electron chi connectivity index (χ4n) is 4.16. The van der Waals surface area contributed by atoms with E-state index >= 15 is 0 Å². The summed E-state index contributed by atoms with van der Waals surface area (Å²) in [7, 11) is 0. The molecule has 2 aliphatic rings. The van der Waals surface area contributed by atoms with Crippen molar-refractivity contribution in [1.29, 1.82) is 0 Å². The fraction of sp³-hybridized carbons (Fsp3) is 0.867. The van der Waals surface area contributed by atoms with Crippen LogP contribution < -0.4 is 0 Å². The van der Waals surface area contributed by atoms with Gasteiger partial charge in [-0.15, -0.1) is 0 Å². The van der Waals surface area contributed by atoms with Crippen LogP contribution >= 0.6 is 0 Å². The molecular weight excluding hydrogens is 196 g/mol. The molecule has 1 nitrogen and oxygen atoms in total. The molecule has 0 unspecified atom stereocenters. The maximum atomic E-state index is 10.2. The second kappa shape index (κ2) is 4.18. The minimum Gasteiger partial charge on any atom is -0.389 e. The number of allylic oxidation sites excluding steroid dienone is 1. The molecule has 0 bridgehead atoms. The van der Waals surface area contributed by atoms with Gasteiger partial charge in [-0.1, -0.05) is 26.8 Å². The van der Waals surface area contributed by atoms with Crippen LogP contribution in [0.25, 0.3) is 0 Å². The zero-order chi connectivity index (χ0) is 11.9. The second-order valence-electron chi connectivity index (χ2n) is 6.43. The molecule has 1 spiro atoms. The molecule has 0 aromatic rings. The third kappa shape index (κ3) is 1.73. The van der Waals surface area contributed by atoms with Gasteiger partial charge in [-0.25, -0.2) is 0 Å². The summed E-state index contributed by atoms with van der Waals surface area (Å²) in [5.74, 6) is 2.34. The highest BCUT2D eigenvalue weighted by molar-refractivity contribution is 5.16. The van der Waals surface area contributed by atoms with E-state index in [2.05, 4.69) is 33.8 Å². The molecule has 16 heavy (non-hydrogen) atoms. The monoisotopic (exact) mass is 222 g/mol. The molecule has 0 radical (unpaired) electrons. The van der Waals surface area contributed by atoms with Crippen LogP contribution in [0.5, 0.6) is 0 Å². The van der Waals surface area contributed by atoms with E-state index in [1.807, 2.05) is 0 Å². The highest BCUT2D eigenvalue weighted by Gasteiger charge is 2.50. The average Bonchev–Trinajstić information content (AvgIpc) is 2.51. The van der Waals surface area contributed by atoms with Gasteiger partial charge in [0.2, 0.25) is 0 Å². The summed E-state index contributed by atoms with van der Waals surface area (Å²) in [5.41, 5.74) is 1.58. The smallest absolute Gasteiger partial charge is 0.0753 e. The molecule has 0 heterocycles. The number of aliphatic hydroxyl groups is 1. The largest absolute Gasteiger partial charge is 0.389 e. The molecular formula is C15H26O. The zero-order valence-corrected chi connectivity index (χ0v) is 11.2. The molecule has 0 aromatic heterocycles. The summed E-state index contributed by atoms with van der Waals surface area (Å²) in [4.78, 5) is 0. The van der Waals surface area contributed by atoms with E-state index in [4.69, 9.17) is 0 Å². The lowest BCUT2D eigenvalue weighted by molar-refractivity contribution is 0.0327. The molecule has 0 aromatic carbocycles. The molecule has 2 aliphatic carbocycles. The number of hydrogen-bond acceptors (Lipinski definition) is 1. The summed E-state index contributed by atoms with van der Waals surface area (Å²) < 4.78 is 0. The van der Waals surface area contributed by atoms with Crippen molar-refractivity contribution in [2.24, 2.45) is 23.2 Å². The number of rotatable bonds is 1. The first kappa shape index (κ1) is 12.2. The molecule has 4 atom stereocenters. The Morgan fingerprint density at radius 2 is 2.06 bits per heavy atom. The van der Waals surface area contributed by atoms with E-state index in [1.54, 1.807) is 0 Å². The quantitative estimate of drug-likeness (QED) is 0.669. The van der Waals surface area contributed by atoms with Gasteiger partial charge in [0.25, 0.3) is 0 Å². The maximum absolute atomic E-state index is 10.2. The summed E-state index contributed by atoms with van der Waals surface area (Å²) in [5, 5.41) is 10.2. The SMILES string of the molecule is CC1=CC[C@@]2(C[C@@H]1O)[C@H](C)CC[C@@H]2C(C)C. The Morgan fingerprint density at radius 3 is 2.62 bits per heavy atom. The van der Waals surface area contributed by atoms with Crippen LogP contribution in [0.3, 0.4) is 0 Å². The van der Waals surface area contributed by atoms with Crippen molar-refractivity contribution in [2.75, 3.05) is 0 Å². The summed E-state index contributed by atoms with van der Waals surface area (Å²) in [6, 6.07) is 0. The molecule has 1 saturated carbocycles. The minimum absolute atomic E-state index is 0.185. The fourth-order valence-corrected chi connectivity index (χ4v) is 4.16. The molecule has 2 rings (SSSR count). The Hall–Kier alpha value is -0.300. The van der Waals surface area contributed by atoms with Crippen LogP contribution in [0.4, 0.5) is 0 Å². The predicted molar refractivity (Wildman–Crippen MR) is 68.2 cm³/mol. The third-order valence-corrected chi connectivity index (χ3v) is 5.34. The Balaban J connectivity index is 2.28. The molecule has 92 valence electrons. The topological polar surface area (TPSA) is 20.2 Å². The predicted octanol–water partition coefficient (Wildman–Crippen LogP) is 3.78. The molecule has 1 N–H and O–H groups in total. The average molecular weight is 222 g/mol. The number of hydrogen-bond donors (Lipinski definition) is 1. The van der Waals surface area contributed by atoms with Gasteiger partial charge in [0.1, 0.15) is 0 Å². The highest BCUT2D eigenvalue weighted by atomic mass is 16.3. The van der Waals surface area contributed by atoms with E-state index in [1.165, 1.54) is 24.8 Å². The third-order valence-electron chi connectivity index (χ3n) is 5.34. The summed E-state index contributed by atoms with van der Waals surface area (Å²) in [6.45, 7) is 9.16.